The molecule has 1 aromatic carbocycles. The van der Waals surface area contributed by atoms with Gasteiger partial charge in [0.25, 0.3) is 5.56 Å². The van der Waals surface area contributed by atoms with Gasteiger partial charge in [0.15, 0.2) is 0 Å². The smallest absolute Gasteiger partial charge is 0.355 e. The summed E-state index contributed by atoms with van der Waals surface area (Å²) in [5, 5.41) is 8.35. The van der Waals surface area contributed by atoms with E-state index in [9.17, 15) is 24.0 Å². The summed E-state index contributed by atoms with van der Waals surface area (Å²) in [4.78, 5) is 67.8. The van der Waals surface area contributed by atoms with Crippen molar-refractivity contribution in [2.24, 2.45) is 0 Å². The Morgan fingerprint density at radius 2 is 1.82 bits per heavy atom. The minimum absolute atomic E-state index is 0.000502. The van der Waals surface area contributed by atoms with Crippen molar-refractivity contribution >= 4 is 34.7 Å². The molecule has 0 saturated carbocycles. The Hall–Kier alpha value is -4.58. The summed E-state index contributed by atoms with van der Waals surface area (Å²) < 4.78 is 12.6. The molecule has 5 rings (SSSR count). The van der Waals surface area contributed by atoms with Crippen molar-refractivity contribution in [3.63, 3.8) is 0 Å². The van der Waals surface area contributed by atoms with Gasteiger partial charge in [-0.2, -0.15) is 0 Å². The first kappa shape index (κ1) is 26.0. The van der Waals surface area contributed by atoms with Gasteiger partial charge >= 0.3 is 11.9 Å². The van der Waals surface area contributed by atoms with Crippen LogP contribution in [0.1, 0.15) is 30.0 Å². The number of fused-ring (bicyclic) bond motifs is 5. The van der Waals surface area contributed by atoms with Gasteiger partial charge in [-0.25, -0.2) is 9.78 Å². The molecule has 0 aliphatic carbocycles. The molecule has 0 spiro atoms. The lowest BCUT2D eigenvalue weighted by molar-refractivity contribution is -0.189. The van der Waals surface area contributed by atoms with E-state index in [1.54, 1.807) is 24.6 Å². The number of pyridine rings is 2. The van der Waals surface area contributed by atoms with Crippen LogP contribution in [0, 0.1) is 0 Å². The van der Waals surface area contributed by atoms with Gasteiger partial charge in [0.1, 0.15) is 13.2 Å². The molecule has 202 valence electrons. The van der Waals surface area contributed by atoms with E-state index in [-0.39, 0.29) is 48.7 Å². The van der Waals surface area contributed by atoms with Gasteiger partial charge in [-0.1, -0.05) is 25.1 Å². The van der Waals surface area contributed by atoms with E-state index in [4.69, 9.17) is 14.5 Å². The Morgan fingerprint density at radius 1 is 1.08 bits per heavy atom. The molecule has 0 fully saturated rings. The highest BCUT2D eigenvalue weighted by Crippen LogP contribution is 2.40. The van der Waals surface area contributed by atoms with Crippen molar-refractivity contribution in [1.82, 2.24) is 25.5 Å². The lowest BCUT2D eigenvalue weighted by atomic mass is 9.85. The number of cyclic esters (lactones) is 1. The number of esters is 2. The summed E-state index contributed by atoms with van der Waals surface area (Å²) in [6.45, 7) is 0.868. The first-order chi connectivity index (χ1) is 18.8. The minimum Gasteiger partial charge on any atom is -0.457 e. The highest BCUT2D eigenvalue weighted by atomic mass is 16.6. The van der Waals surface area contributed by atoms with Crippen LogP contribution in [0.5, 0.6) is 0 Å². The van der Waals surface area contributed by atoms with E-state index in [1.807, 2.05) is 30.3 Å². The summed E-state index contributed by atoms with van der Waals surface area (Å²) in [5.74, 6) is -2.70. The lowest BCUT2D eigenvalue weighted by Gasteiger charge is -2.35. The average molecular weight is 534 g/mol. The molecule has 2 aliphatic heterocycles. The van der Waals surface area contributed by atoms with Crippen LogP contribution in [-0.4, -0.2) is 60.0 Å². The van der Waals surface area contributed by atoms with Crippen LogP contribution in [0.4, 0.5) is 0 Å². The molecule has 12 nitrogen and oxygen atoms in total. The van der Waals surface area contributed by atoms with Crippen LogP contribution in [-0.2, 0) is 47.4 Å². The first-order valence-corrected chi connectivity index (χ1v) is 12.5. The van der Waals surface area contributed by atoms with Crippen LogP contribution >= 0.6 is 0 Å². The number of nitrogens with zero attached hydrogens (tertiary/aromatic N) is 2. The number of carbonyl (C=O) groups is 4. The van der Waals surface area contributed by atoms with E-state index in [0.717, 1.165) is 16.5 Å². The van der Waals surface area contributed by atoms with Gasteiger partial charge < -0.3 is 30.0 Å². The Labute approximate surface area is 222 Å². The Bertz CT molecular complexity index is 1580. The van der Waals surface area contributed by atoms with E-state index in [0.29, 0.717) is 17.9 Å². The minimum atomic E-state index is -1.87. The van der Waals surface area contributed by atoms with Gasteiger partial charge in [-0.15, -0.1) is 0 Å². The third-order valence-electron chi connectivity index (χ3n) is 6.89. The number of hydrogen-bond donors (Lipinski definition) is 3. The second-order valence-corrected chi connectivity index (χ2v) is 9.32. The number of hydrogen-bond acceptors (Lipinski definition) is 9. The van der Waals surface area contributed by atoms with Crippen molar-refractivity contribution < 1.29 is 28.7 Å². The van der Waals surface area contributed by atoms with Crippen LogP contribution in [0.15, 0.2) is 41.2 Å². The molecule has 0 saturated heterocycles. The molecule has 3 N–H and O–H groups in total. The molecule has 0 bridgehead atoms. The molecular formula is C27H27N5O7. The molecule has 12 heteroatoms. The molecular weight excluding hydrogens is 506 g/mol. The number of rotatable bonds is 8. The summed E-state index contributed by atoms with van der Waals surface area (Å²) in [5.41, 5.74) is 1.03. The van der Waals surface area contributed by atoms with Gasteiger partial charge in [-0.05, 0) is 31.7 Å². The predicted molar refractivity (Wildman–Crippen MR) is 138 cm³/mol. The summed E-state index contributed by atoms with van der Waals surface area (Å²) in [6.07, 6.45) is -0.000502. The fraction of sp³-hybridized carbons (Fsp3) is 0.333. The third-order valence-corrected chi connectivity index (χ3v) is 6.89. The van der Waals surface area contributed by atoms with Crippen molar-refractivity contribution in [1.29, 1.82) is 0 Å². The van der Waals surface area contributed by atoms with Gasteiger partial charge in [0, 0.05) is 16.5 Å². The number of aromatic nitrogens is 2. The highest BCUT2D eigenvalue weighted by molar-refractivity contribution is 5.90. The first-order valence-electron chi connectivity index (χ1n) is 12.5. The van der Waals surface area contributed by atoms with E-state index >= 15 is 0 Å². The maximum absolute atomic E-state index is 13.6. The largest absolute Gasteiger partial charge is 0.457 e. The average Bonchev–Trinajstić information content (AvgIpc) is 3.29. The summed E-state index contributed by atoms with van der Waals surface area (Å²) >= 11 is 0. The van der Waals surface area contributed by atoms with Crippen LogP contribution in [0.2, 0.25) is 0 Å². The highest BCUT2D eigenvalue weighted by Gasteiger charge is 2.50. The third kappa shape index (κ3) is 4.63. The van der Waals surface area contributed by atoms with Gasteiger partial charge in [-0.3, -0.25) is 19.2 Å². The molecule has 0 unspecified atom stereocenters. The SMILES string of the molecule is CC[C@@]1(OC(=O)CNC(=O)CNC(=O)CNC)C(=O)OCc2c1cc1n(c2=O)Cc2cc3ccccc3nc2-1. The monoisotopic (exact) mass is 533 g/mol. The zero-order valence-corrected chi connectivity index (χ0v) is 21.5. The number of ether oxygens (including phenoxy) is 2. The molecule has 4 heterocycles. The zero-order chi connectivity index (χ0) is 27.7. The fourth-order valence-corrected chi connectivity index (χ4v) is 4.95. The quantitative estimate of drug-likeness (QED) is 0.267. The number of nitrogens with one attached hydrogen (secondary N) is 3. The zero-order valence-electron chi connectivity index (χ0n) is 21.5. The van der Waals surface area contributed by atoms with Crippen LogP contribution in [0.3, 0.4) is 0 Å². The van der Waals surface area contributed by atoms with Gasteiger partial charge in [0.05, 0.1) is 42.1 Å². The standard InChI is InChI=1S/C27H27N5O7/c1-3-27(39-23(35)12-30-22(34)11-29-21(33)10-28-2)18-9-20-24-16(8-15-6-4-5-7-19(15)31-24)13-32(20)25(36)17(18)14-38-26(27)37/h4-9,28H,3,10-14H2,1-2H3,(H,29,33)(H,30,34)/t27-/m0/s1. The molecule has 2 aromatic heterocycles. The van der Waals surface area contributed by atoms with Crippen LogP contribution in [0.25, 0.3) is 22.3 Å². The van der Waals surface area contributed by atoms with Gasteiger partial charge in [0.2, 0.25) is 17.4 Å². The summed E-state index contributed by atoms with van der Waals surface area (Å²) in [7, 11) is 1.59. The second-order valence-electron chi connectivity index (χ2n) is 9.32. The van der Waals surface area contributed by atoms with E-state index in [1.165, 1.54) is 0 Å². The fourth-order valence-electron chi connectivity index (χ4n) is 4.95. The molecule has 2 aliphatic rings. The number of para-hydroxylation sites is 1. The number of benzene rings is 1. The lowest BCUT2D eigenvalue weighted by Crippen LogP contribution is -2.49. The van der Waals surface area contributed by atoms with Crippen LogP contribution < -0.4 is 21.5 Å². The number of carbonyl (C=O) groups excluding carboxylic acids is 4. The topological polar surface area (TPSA) is 158 Å². The molecule has 39 heavy (non-hydrogen) atoms. The Morgan fingerprint density at radius 3 is 2.59 bits per heavy atom. The Balaban J connectivity index is 1.43. The Kier molecular flexibility index (Phi) is 6.87. The van der Waals surface area contributed by atoms with E-state index < -0.39 is 30.0 Å². The van der Waals surface area contributed by atoms with Crippen molar-refractivity contribution in [3.05, 3.63) is 63.4 Å². The van der Waals surface area contributed by atoms with Crippen molar-refractivity contribution in [3.8, 4) is 11.4 Å². The molecule has 3 aromatic rings. The van der Waals surface area contributed by atoms with E-state index in [2.05, 4.69) is 16.0 Å². The number of likely N-dealkylation sites (N-methyl/N-ethyl adjacent to an activating group) is 1. The molecule has 1 atom stereocenters. The number of amides is 2. The van der Waals surface area contributed by atoms with Crippen molar-refractivity contribution in [2.45, 2.75) is 32.1 Å². The normalized spacial score (nSPS) is 17.0. The molecule has 2 amide bonds. The maximum Gasteiger partial charge on any atom is 0.355 e. The summed E-state index contributed by atoms with van der Waals surface area (Å²) in [6, 6.07) is 11.3. The molecule has 0 radical (unpaired) electrons. The predicted octanol–water partition coefficient (Wildman–Crippen LogP) is 0.0823. The second kappa shape index (κ2) is 10.3. The maximum atomic E-state index is 13.6. The van der Waals surface area contributed by atoms with Crippen molar-refractivity contribution in [2.75, 3.05) is 26.7 Å².